The van der Waals surface area contributed by atoms with Crippen LogP contribution in [0.2, 0.25) is 0 Å². The predicted octanol–water partition coefficient (Wildman–Crippen LogP) is 3.85. The van der Waals surface area contributed by atoms with Gasteiger partial charge in [-0.1, -0.05) is 18.2 Å². The summed E-state index contributed by atoms with van der Waals surface area (Å²) < 4.78 is 19.4. The molecule has 0 unspecified atom stereocenters. The zero-order valence-corrected chi connectivity index (χ0v) is 13.8. The second-order valence-corrected chi connectivity index (χ2v) is 6.10. The van der Waals surface area contributed by atoms with Crippen molar-refractivity contribution in [3.63, 3.8) is 0 Å². The highest BCUT2D eigenvalue weighted by atomic mass is 19.1. The minimum atomic E-state index is -0.449. The number of amides is 2. The molecular formula is C19H21FN2O3. The van der Waals surface area contributed by atoms with Crippen LogP contribution in [0, 0.1) is 11.7 Å². The number of aliphatic hydroxyl groups excluding tert-OH is 1. The molecule has 2 aromatic carbocycles. The lowest BCUT2D eigenvalue weighted by Crippen LogP contribution is -2.33. The third-order valence-electron chi connectivity index (χ3n) is 4.26. The van der Waals surface area contributed by atoms with E-state index in [4.69, 9.17) is 9.84 Å². The van der Waals surface area contributed by atoms with E-state index in [2.05, 4.69) is 5.32 Å². The summed E-state index contributed by atoms with van der Waals surface area (Å²) in [6, 6.07) is 12.9. The average molecular weight is 344 g/mol. The van der Waals surface area contributed by atoms with Gasteiger partial charge in [-0.2, -0.15) is 0 Å². The number of urea groups is 1. The number of likely N-dealkylation sites (tertiary alicyclic amines) is 1. The molecule has 1 saturated heterocycles. The Morgan fingerprint density at radius 2 is 2.08 bits per heavy atom. The summed E-state index contributed by atoms with van der Waals surface area (Å²) in [7, 11) is 0. The summed E-state index contributed by atoms with van der Waals surface area (Å²) in [6.07, 6.45) is 1.55. The number of hydrogen-bond donors (Lipinski definition) is 2. The Bertz CT molecular complexity index is 724. The first-order valence-corrected chi connectivity index (χ1v) is 8.35. The molecule has 0 bridgehead atoms. The van der Waals surface area contributed by atoms with Crippen LogP contribution in [0.1, 0.15) is 12.8 Å². The van der Waals surface area contributed by atoms with Crippen LogP contribution in [0.3, 0.4) is 0 Å². The maximum atomic E-state index is 13.6. The summed E-state index contributed by atoms with van der Waals surface area (Å²) in [4.78, 5) is 14.1. The Morgan fingerprint density at radius 1 is 1.28 bits per heavy atom. The first kappa shape index (κ1) is 17.2. The quantitative estimate of drug-likeness (QED) is 0.866. The van der Waals surface area contributed by atoms with E-state index in [0.29, 0.717) is 42.6 Å². The normalized spacial score (nSPS) is 16.7. The van der Waals surface area contributed by atoms with Gasteiger partial charge in [0.05, 0.1) is 5.69 Å². The van der Waals surface area contributed by atoms with Crippen molar-refractivity contribution in [2.45, 2.75) is 12.8 Å². The van der Waals surface area contributed by atoms with Crippen molar-refractivity contribution in [2.75, 3.05) is 25.0 Å². The minimum absolute atomic E-state index is 0.124. The van der Waals surface area contributed by atoms with E-state index in [1.807, 2.05) is 18.2 Å². The second kappa shape index (κ2) is 7.98. The van der Waals surface area contributed by atoms with Gasteiger partial charge in [0.2, 0.25) is 0 Å². The molecule has 2 amide bonds. The molecule has 0 aliphatic carbocycles. The number of halogens is 1. The molecule has 132 valence electrons. The number of para-hydroxylation sites is 1. The molecule has 5 nitrogen and oxygen atoms in total. The van der Waals surface area contributed by atoms with Crippen LogP contribution < -0.4 is 10.1 Å². The zero-order chi connectivity index (χ0) is 17.6. The summed E-state index contributed by atoms with van der Waals surface area (Å²) in [6.45, 7) is 1.34. The summed E-state index contributed by atoms with van der Waals surface area (Å²) in [5.41, 5.74) is 0.291. The van der Waals surface area contributed by atoms with E-state index < -0.39 is 5.82 Å². The van der Waals surface area contributed by atoms with E-state index in [-0.39, 0.29) is 12.6 Å². The highest BCUT2D eigenvalue weighted by Crippen LogP contribution is 2.31. The maximum absolute atomic E-state index is 13.6. The zero-order valence-electron chi connectivity index (χ0n) is 13.8. The smallest absolute Gasteiger partial charge is 0.321 e. The molecule has 25 heavy (non-hydrogen) atoms. The topological polar surface area (TPSA) is 61.8 Å². The Kier molecular flexibility index (Phi) is 5.50. The lowest BCUT2D eigenvalue weighted by molar-refractivity contribution is 0.217. The number of carbonyl (C=O) groups is 1. The van der Waals surface area contributed by atoms with Gasteiger partial charge < -0.3 is 20.1 Å². The van der Waals surface area contributed by atoms with E-state index >= 15 is 0 Å². The van der Waals surface area contributed by atoms with Crippen molar-refractivity contribution in [2.24, 2.45) is 5.92 Å². The van der Waals surface area contributed by atoms with E-state index in [0.717, 1.165) is 6.42 Å². The Labute approximate surface area is 146 Å². The minimum Gasteiger partial charge on any atom is -0.455 e. The van der Waals surface area contributed by atoms with Crippen LogP contribution in [-0.2, 0) is 0 Å². The Balaban J connectivity index is 1.71. The standard InChI is InChI=1S/C19H21FN2O3/c20-15-6-7-18(25-16-4-2-1-3-5-16)17(12-15)21-19(24)22-10-8-14(13-22)9-11-23/h1-7,12,14,23H,8-11,13H2,(H,21,24)/t14-/m0/s1. The van der Waals surface area contributed by atoms with Crippen molar-refractivity contribution in [1.82, 2.24) is 4.90 Å². The molecule has 2 aromatic rings. The van der Waals surface area contributed by atoms with Crippen molar-refractivity contribution < 1.29 is 19.0 Å². The molecule has 0 radical (unpaired) electrons. The molecule has 1 heterocycles. The van der Waals surface area contributed by atoms with Crippen LogP contribution in [-0.4, -0.2) is 35.7 Å². The molecule has 0 aromatic heterocycles. The third kappa shape index (κ3) is 4.48. The van der Waals surface area contributed by atoms with Crippen molar-refractivity contribution in [3.8, 4) is 11.5 Å². The van der Waals surface area contributed by atoms with E-state index in [1.165, 1.54) is 18.2 Å². The molecule has 0 spiro atoms. The number of aliphatic hydroxyl groups is 1. The fourth-order valence-electron chi connectivity index (χ4n) is 2.93. The largest absolute Gasteiger partial charge is 0.455 e. The van der Waals surface area contributed by atoms with Crippen LogP contribution in [0.5, 0.6) is 11.5 Å². The van der Waals surface area contributed by atoms with Gasteiger partial charge in [-0.3, -0.25) is 0 Å². The van der Waals surface area contributed by atoms with Crippen LogP contribution in [0.15, 0.2) is 48.5 Å². The Hall–Kier alpha value is -2.60. The lowest BCUT2D eigenvalue weighted by Gasteiger charge is -2.19. The van der Waals surface area contributed by atoms with E-state index in [9.17, 15) is 9.18 Å². The van der Waals surface area contributed by atoms with Crippen molar-refractivity contribution in [3.05, 3.63) is 54.3 Å². The first-order chi connectivity index (χ1) is 12.2. The number of ether oxygens (including phenoxy) is 1. The summed E-state index contributed by atoms with van der Waals surface area (Å²) in [5.74, 6) is 0.847. The van der Waals surface area contributed by atoms with Gasteiger partial charge in [-0.05, 0) is 43.0 Å². The van der Waals surface area contributed by atoms with Gasteiger partial charge in [-0.15, -0.1) is 0 Å². The number of carbonyl (C=O) groups excluding carboxylic acids is 1. The van der Waals surface area contributed by atoms with Gasteiger partial charge >= 0.3 is 6.03 Å². The molecule has 0 saturated carbocycles. The summed E-state index contributed by atoms with van der Waals surface area (Å²) >= 11 is 0. The fraction of sp³-hybridized carbons (Fsp3) is 0.316. The molecule has 1 aliphatic rings. The molecule has 2 N–H and O–H groups in total. The van der Waals surface area contributed by atoms with Crippen molar-refractivity contribution >= 4 is 11.7 Å². The second-order valence-electron chi connectivity index (χ2n) is 6.10. The maximum Gasteiger partial charge on any atom is 0.321 e. The summed E-state index contributed by atoms with van der Waals surface area (Å²) in [5, 5.41) is 11.8. The van der Waals surface area contributed by atoms with Crippen LogP contribution in [0.25, 0.3) is 0 Å². The fourth-order valence-corrected chi connectivity index (χ4v) is 2.93. The van der Waals surface area contributed by atoms with Gasteiger partial charge in [0.25, 0.3) is 0 Å². The monoisotopic (exact) mass is 344 g/mol. The molecular weight excluding hydrogens is 323 g/mol. The van der Waals surface area contributed by atoms with Gasteiger partial charge in [0.15, 0.2) is 5.75 Å². The average Bonchev–Trinajstić information content (AvgIpc) is 3.07. The molecule has 1 fully saturated rings. The lowest BCUT2D eigenvalue weighted by atomic mass is 10.1. The number of nitrogens with zero attached hydrogens (tertiary/aromatic N) is 1. The highest BCUT2D eigenvalue weighted by molar-refractivity contribution is 5.91. The van der Waals surface area contributed by atoms with Gasteiger partial charge in [0.1, 0.15) is 11.6 Å². The SMILES string of the molecule is O=C(Nc1cc(F)ccc1Oc1ccccc1)N1CC[C@@H](CCO)C1. The van der Waals surface area contributed by atoms with Gasteiger partial charge in [-0.25, -0.2) is 9.18 Å². The van der Waals surface area contributed by atoms with Crippen LogP contribution in [0.4, 0.5) is 14.9 Å². The third-order valence-corrected chi connectivity index (χ3v) is 4.26. The predicted molar refractivity (Wildman–Crippen MR) is 93.3 cm³/mol. The van der Waals surface area contributed by atoms with Crippen molar-refractivity contribution in [1.29, 1.82) is 0 Å². The molecule has 1 aliphatic heterocycles. The number of anilines is 1. The van der Waals surface area contributed by atoms with Crippen LogP contribution >= 0.6 is 0 Å². The highest BCUT2D eigenvalue weighted by Gasteiger charge is 2.26. The van der Waals surface area contributed by atoms with Gasteiger partial charge in [0, 0.05) is 25.8 Å². The molecule has 6 heteroatoms. The number of hydrogen-bond acceptors (Lipinski definition) is 3. The Morgan fingerprint density at radius 3 is 2.84 bits per heavy atom. The number of benzene rings is 2. The van der Waals surface area contributed by atoms with E-state index in [1.54, 1.807) is 17.0 Å². The number of rotatable bonds is 5. The first-order valence-electron chi connectivity index (χ1n) is 8.35. The molecule has 1 atom stereocenters. The molecule has 3 rings (SSSR count). The number of nitrogens with one attached hydrogen (secondary N) is 1.